The lowest BCUT2D eigenvalue weighted by atomic mass is 9.93. The molecule has 1 atom stereocenters. The van der Waals surface area contributed by atoms with Crippen molar-refractivity contribution >= 4 is 29.1 Å². The Kier molecular flexibility index (Phi) is 5.94. The van der Waals surface area contributed by atoms with E-state index in [0.29, 0.717) is 37.7 Å². The first-order chi connectivity index (χ1) is 18.1. The van der Waals surface area contributed by atoms with Gasteiger partial charge in [-0.15, -0.1) is 0 Å². The van der Waals surface area contributed by atoms with Gasteiger partial charge in [0.25, 0.3) is 5.56 Å². The quantitative estimate of drug-likeness (QED) is 0.383. The van der Waals surface area contributed by atoms with Crippen LogP contribution in [0.3, 0.4) is 0 Å². The number of rotatable bonds is 5. The topological polar surface area (TPSA) is 79.1 Å². The Balaban J connectivity index is 1.66. The molecular weight excluding hydrogens is 488 g/mol. The van der Waals surface area contributed by atoms with Crippen molar-refractivity contribution in [1.82, 2.24) is 4.57 Å². The van der Waals surface area contributed by atoms with Crippen LogP contribution in [0.2, 0.25) is 0 Å². The zero-order chi connectivity index (χ0) is 25.4. The smallest absolute Gasteiger partial charge is 0.338 e. The molecule has 0 saturated heterocycles. The number of aromatic nitrogens is 1. The Morgan fingerprint density at radius 3 is 2.54 bits per heavy atom. The molecule has 6 rings (SSSR count). The summed E-state index contributed by atoms with van der Waals surface area (Å²) in [5.74, 6) is 0.653. The van der Waals surface area contributed by atoms with Gasteiger partial charge in [-0.3, -0.25) is 9.36 Å². The van der Waals surface area contributed by atoms with Crippen molar-refractivity contribution in [3.8, 4) is 11.5 Å². The van der Waals surface area contributed by atoms with Crippen LogP contribution in [-0.2, 0) is 9.53 Å². The zero-order valence-electron chi connectivity index (χ0n) is 19.9. The lowest BCUT2D eigenvalue weighted by Gasteiger charge is -2.26. The van der Waals surface area contributed by atoms with Crippen molar-refractivity contribution in [2.24, 2.45) is 4.99 Å². The third-order valence-corrected chi connectivity index (χ3v) is 7.17. The summed E-state index contributed by atoms with van der Waals surface area (Å²) < 4.78 is 18.7. The van der Waals surface area contributed by atoms with E-state index in [1.807, 2.05) is 78.9 Å². The fourth-order valence-corrected chi connectivity index (χ4v) is 5.54. The second-order valence-corrected chi connectivity index (χ2v) is 9.46. The maximum atomic E-state index is 13.9. The van der Waals surface area contributed by atoms with Crippen LogP contribution in [0.4, 0.5) is 0 Å². The molecule has 0 amide bonds. The molecule has 0 spiro atoms. The normalized spacial score (nSPS) is 16.4. The molecule has 0 saturated carbocycles. The molecule has 184 valence electrons. The number of carbonyl (C=O) groups is 1. The van der Waals surface area contributed by atoms with Gasteiger partial charge in [-0.2, -0.15) is 0 Å². The van der Waals surface area contributed by atoms with Crippen LogP contribution < -0.4 is 24.4 Å². The van der Waals surface area contributed by atoms with Crippen LogP contribution in [0.1, 0.15) is 29.7 Å². The van der Waals surface area contributed by atoms with E-state index in [-0.39, 0.29) is 19.0 Å². The van der Waals surface area contributed by atoms with Gasteiger partial charge in [-0.25, -0.2) is 9.79 Å². The molecule has 2 aliphatic heterocycles. The van der Waals surface area contributed by atoms with Crippen LogP contribution in [0.5, 0.6) is 11.5 Å². The monoisotopic (exact) mass is 510 g/mol. The fraction of sp³-hybridized carbons (Fsp3) is 0.138. The van der Waals surface area contributed by atoms with Crippen LogP contribution in [0, 0.1) is 0 Å². The first kappa shape index (κ1) is 23.0. The highest BCUT2D eigenvalue weighted by molar-refractivity contribution is 7.07. The third kappa shape index (κ3) is 4.15. The predicted molar refractivity (Wildman–Crippen MR) is 140 cm³/mol. The fourth-order valence-electron chi connectivity index (χ4n) is 4.54. The molecule has 4 aromatic rings. The second-order valence-electron chi connectivity index (χ2n) is 8.45. The molecule has 37 heavy (non-hydrogen) atoms. The van der Waals surface area contributed by atoms with Crippen molar-refractivity contribution in [2.75, 3.05) is 13.4 Å². The Hall–Kier alpha value is -4.43. The molecule has 2 aliphatic rings. The van der Waals surface area contributed by atoms with E-state index in [1.165, 1.54) is 11.3 Å². The lowest BCUT2D eigenvalue weighted by Crippen LogP contribution is -2.40. The van der Waals surface area contributed by atoms with Crippen LogP contribution in [0.15, 0.2) is 94.2 Å². The summed E-state index contributed by atoms with van der Waals surface area (Å²) in [5, 5.41) is 0. The maximum absolute atomic E-state index is 13.9. The Morgan fingerprint density at radius 2 is 1.78 bits per heavy atom. The van der Waals surface area contributed by atoms with E-state index in [0.717, 1.165) is 11.1 Å². The molecule has 3 heterocycles. The van der Waals surface area contributed by atoms with E-state index in [2.05, 4.69) is 0 Å². The average molecular weight is 511 g/mol. The molecule has 3 aromatic carbocycles. The number of esters is 1. The molecule has 0 radical (unpaired) electrons. The molecule has 7 nitrogen and oxygen atoms in total. The van der Waals surface area contributed by atoms with Crippen molar-refractivity contribution in [3.05, 3.63) is 121 Å². The molecule has 8 heteroatoms. The number of nitrogens with zero attached hydrogens (tertiary/aromatic N) is 2. The SMILES string of the molecule is CCOC(=O)C1=C(c2ccccc2)N=c2s/c(=C/c3ccccc3)c(=O)n2[C@H]1c1ccc2c(c1)OCO2. The summed E-state index contributed by atoms with van der Waals surface area (Å²) in [6, 6.07) is 23.8. The van der Waals surface area contributed by atoms with Crippen molar-refractivity contribution in [2.45, 2.75) is 13.0 Å². The first-order valence-corrected chi connectivity index (χ1v) is 12.7. The number of benzene rings is 3. The minimum absolute atomic E-state index is 0.120. The summed E-state index contributed by atoms with van der Waals surface area (Å²) in [6.07, 6.45) is 1.84. The second kappa shape index (κ2) is 9.55. The highest BCUT2D eigenvalue weighted by atomic mass is 32.1. The van der Waals surface area contributed by atoms with Gasteiger partial charge in [0, 0.05) is 5.56 Å². The third-order valence-electron chi connectivity index (χ3n) is 6.18. The Morgan fingerprint density at radius 1 is 1.05 bits per heavy atom. The molecule has 0 N–H and O–H groups in total. The largest absolute Gasteiger partial charge is 0.463 e. The van der Waals surface area contributed by atoms with E-state index in [1.54, 1.807) is 17.6 Å². The van der Waals surface area contributed by atoms with Gasteiger partial charge < -0.3 is 14.2 Å². The zero-order valence-corrected chi connectivity index (χ0v) is 20.7. The van der Waals surface area contributed by atoms with Gasteiger partial charge in [0.15, 0.2) is 16.3 Å². The number of thiazole rings is 1. The number of fused-ring (bicyclic) bond motifs is 2. The highest BCUT2D eigenvalue weighted by Crippen LogP contribution is 2.39. The van der Waals surface area contributed by atoms with E-state index in [4.69, 9.17) is 19.2 Å². The minimum Gasteiger partial charge on any atom is -0.463 e. The summed E-state index contributed by atoms with van der Waals surface area (Å²) in [4.78, 5) is 32.7. The number of carbonyl (C=O) groups excluding carboxylic acids is 1. The number of hydrogen-bond donors (Lipinski definition) is 0. The molecular formula is C29H22N2O5S. The molecule has 0 aliphatic carbocycles. The minimum atomic E-state index is -0.766. The van der Waals surface area contributed by atoms with Crippen molar-refractivity contribution in [1.29, 1.82) is 0 Å². The van der Waals surface area contributed by atoms with E-state index < -0.39 is 12.0 Å². The number of hydrogen-bond acceptors (Lipinski definition) is 7. The standard InChI is InChI=1S/C29H22N2O5S/c1-2-34-28(33)24-25(19-11-7-4-8-12-19)30-29-31(26(24)20-13-14-21-22(16-20)36-17-35-21)27(32)23(37-29)15-18-9-5-3-6-10-18/h3-16,26H,2,17H2,1H3/b23-15+/t26-/m0/s1. The van der Waals surface area contributed by atoms with Crippen molar-refractivity contribution in [3.63, 3.8) is 0 Å². The lowest BCUT2D eigenvalue weighted by molar-refractivity contribution is -0.138. The van der Waals surface area contributed by atoms with Gasteiger partial charge >= 0.3 is 5.97 Å². The molecule has 1 aromatic heterocycles. The highest BCUT2D eigenvalue weighted by Gasteiger charge is 2.36. The van der Waals surface area contributed by atoms with Gasteiger partial charge in [0.05, 0.1) is 28.5 Å². The van der Waals surface area contributed by atoms with Crippen LogP contribution >= 0.6 is 11.3 Å². The van der Waals surface area contributed by atoms with Gasteiger partial charge in [-0.1, -0.05) is 78.1 Å². The summed E-state index contributed by atoms with van der Waals surface area (Å²) in [5.41, 5.74) is 2.91. The molecule has 0 fully saturated rings. The molecule has 0 bridgehead atoms. The van der Waals surface area contributed by atoms with Crippen LogP contribution in [-0.4, -0.2) is 23.9 Å². The summed E-state index contributed by atoms with van der Waals surface area (Å²) >= 11 is 1.29. The first-order valence-electron chi connectivity index (χ1n) is 11.9. The van der Waals surface area contributed by atoms with Gasteiger partial charge in [0.2, 0.25) is 6.79 Å². The summed E-state index contributed by atoms with van der Waals surface area (Å²) in [6.45, 7) is 2.07. The Bertz CT molecular complexity index is 1700. The van der Waals surface area contributed by atoms with Crippen molar-refractivity contribution < 1.29 is 19.0 Å². The van der Waals surface area contributed by atoms with Gasteiger partial charge in [0.1, 0.15) is 0 Å². The van der Waals surface area contributed by atoms with Crippen LogP contribution in [0.25, 0.3) is 11.8 Å². The van der Waals surface area contributed by atoms with E-state index >= 15 is 0 Å². The predicted octanol–water partition coefficient (Wildman–Crippen LogP) is 3.66. The van der Waals surface area contributed by atoms with Gasteiger partial charge in [-0.05, 0) is 36.3 Å². The average Bonchev–Trinajstić information content (AvgIpc) is 3.52. The number of ether oxygens (including phenoxy) is 3. The summed E-state index contributed by atoms with van der Waals surface area (Å²) in [7, 11) is 0. The van der Waals surface area contributed by atoms with E-state index in [9.17, 15) is 9.59 Å². The molecule has 0 unspecified atom stereocenters. The maximum Gasteiger partial charge on any atom is 0.338 e. The Labute approximate surface area is 216 Å².